The molecule has 4 heteroatoms. The molecule has 0 radical (unpaired) electrons. The van der Waals surface area contributed by atoms with Crippen molar-refractivity contribution in [3.05, 3.63) is 21.9 Å². The number of amides is 1. The zero-order valence-electron chi connectivity index (χ0n) is 11.0. The molecule has 1 amide bonds. The lowest BCUT2D eigenvalue weighted by Gasteiger charge is -2.25. The standard InChI is InChI=1S/C13H22N2OS/c1-5-8-13(4,14)12(16)15-10(3)11-7-6-9(2)17-11/h6-7,10H,5,8,14H2,1-4H3,(H,15,16). The lowest BCUT2D eigenvalue weighted by atomic mass is 9.96. The topological polar surface area (TPSA) is 55.1 Å². The molecule has 0 spiro atoms. The minimum absolute atomic E-state index is 0.0286. The second-order valence-electron chi connectivity index (χ2n) is 4.81. The summed E-state index contributed by atoms with van der Waals surface area (Å²) in [7, 11) is 0. The minimum Gasteiger partial charge on any atom is -0.347 e. The van der Waals surface area contributed by atoms with E-state index >= 15 is 0 Å². The molecule has 2 atom stereocenters. The first-order chi connectivity index (χ1) is 7.86. The Balaban J connectivity index is 2.63. The number of nitrogens with one attached hydrogen (secondary N) is 1. The molecule has 17 heavy (non-hydrogen) atoms. The third kappa shape index (κ3) is 3.82. The van der Waals surface area contributed by atoms with Gasteiger partial charge in [0.15, 0.2) is 0 Å². The average molecular weight is 254 g/mol. The third-order valence-corrected chi connectivity index (χ3v) is 4.01. The van der Waals surface area contributed by atoms with Gasteiger partial charge in [0.25, 0.3) is 0 Å². The molecule has 1 rings (SSSR count). The molecule has 0 aliphatic rings. The van der Waals surface area contributed by atoms with Crippen LogP contribution in [0.15, 0.2) is 12.1 Å². The Hall–Kier alpha value is -0.870. The molecular weight excluding hydrogens is 232 g/mol. The van der Waals surface area contributed by atoms with Crippen molar-refractivity contribution in [2.75, 3.05) is 0 Å². The largest absolute Gasteiger partial charge is 0.347 e. The van der Waals surface area contributed by atoms with E-state index in [2.05, 4.69) is 24.4 Å². The van der Waals surface area contributed by atoms with E-state index in [0.717, 1.165) is 6.42 Å². The van der Waals surface area contributed by atoms with Crippen molar-refractivity contribution >= 4 is 17.2 Å². The first-order valence-electron chi connectivity index (χ1n) is 6.03. The zero-order valence-corrected chi connectivity index (χ0v) is 11.9. The molecule has 0 aliphatic heterocycles. The van der Waals surface area contributed by atoms with Gasteiger partial charge < -0.3 is 11.1 Å². The van der Waals surface area contributed by atoms with Gasteiger partial charge in [-0.05, 0) is 39.3 Å². The maximum absolute atomic E-state index is 12.0. The van der Waals surface area contributed by atoms with Gasteiger partial charge in [0.2, 0.25) is 5.91 Å². The molecule has 2 unspecified atom stereocenters. The van der Waals surface area contributed by atoms with Gasteiger partial charge in [-0.2, -0.15) is 0 Å². The number of rotatable bonds is 5. The molecule has 1 aromatic heterocycles. The average Bonchev–Trinajstić information content (AvgIpc) is 2.64. The highest BCUT2D eigenvalue weighted by Gasteiger charge is 2.28. The van der Waals surface area contributed by atoms with Crippen LogP contribution in [0.4, 0.5) is 0 Å². The smallest absolute Gasteiger partial charge is 0.240 e. The summed E-state index contributed by atoms with van der Waals surface area (Å²) in [5, 5.41) is 2.98. The van der Waals surface area contributed by atoms with Gasteiger partial charge in [0.05, 0.1) is 11.6 Å². The van der Waals surface area contributed by atoms with Gasteiger partial charge >= 0.3 is 0 Å². The zero-order chi connectivity index (χ0) is 13.1. The van der Waals surface area contributed by atoms with Gasteiger partial charge in [0.1, 0.15) is 0 Å². The summed E-state index contributed by atoms with van der Waals surface area (Å²) in [4.78, 5) is 14.4. The first kappa shape index (κ1) is 14.2. The predicted octanol–water partition coefficient (Wildman–Crippen LogP) is 2.75. The Kier molecular flexibility index (Phi) is 4.71. The van der Waals surface area contributed by atoms with Crippen LogP contribution in [-0.4, -0.2) is 11.4 Å². The van der Waals surface area contributed by atoms with E-state index in [1.165, 1.54) is 9.75 Å². The van der Waals surface area contributed by atoms with E-state index in [9.17, 15) is 4.79 Å². The van der Waals surface area contributed by atoms with Crippen LogP contribution in [-0.2, 0) is 4.79 Å². The van der Waals surface area contributed by atoms with Crippen molar-refractivity contribution in [3.63, 3.8) is 0 Å². The van der Waals surface area contributed by atoms with Crippen LogP contribution >= 0.6 is 11.3 Å². The number of hydrogen-bond donors (Lipinski definition) is 2. The first-order valence-corrected chi connectivity index (χ1v) is 6.84. The Morgan fingerprint density at radius 3 is 2.71 bits per heavy atom. The molecule has 3 nitrogen and oxygen atoms in total. The van der Waals surface area contributed by atoms with Crippen LogP contribution in [0.5, 0.6) is 0 Å². The molecule has 0 aliphatic carbocycles. The predicted molar refractivity (Wildman–Crippen MR) is 73.1 cm³/mol. The SMILES string of the molecule is CCCC(C)(N)C(=O)NC(C)c1ccc(C)s1. The molecule has 3 N–H and O–H groups in total. The van der Waals surface area contributed by atoms with Crippen molar-refractivity contribution in [2.24, 2.45) is 5.73 Å². The highest BCUT2D eigenvalue weighted by atomic mass is 32.1. The van der Waals surface area contributed by atoms with E-state index in [4.69, 9.17) is 5.73 Å². The number of carbonyl (C=O) groups excluding carboxylic acids is 1. The summed E-state index contributed by atoms with van der Waals surface area (Å²) in [5.41, 5.74) is 5.23. The summed E-state index contributed by atoms with van der Waals surface area (Å²) < 4.78 is 0. The van der Waals surface area contributed by atoms with E-state index in [-0.39, 0.29) is 11.9 Å². The molecule has 0 fully saturated rings. The lowest BCUT2D eigenvalue weighted by Crippen LogP contribution is -2.51. The van der Waals surface area contributed by atoms with Crippen molar-refractivity contribution in [1.82, 2.24) is 5.32 Å². The summed E-state index contributed by atoms with van der Waals surface area (Å²) in [6.07, 6.45) is 1.61. The van der Waals surface area contributed by atoms with Crippen molar-refractivity contribution in [1.29, 1.82) is 0 Å². The van der Waals surface area contributed by atoms with Gasteiger partial charge in [0, 0.05) is 9.75 Å². The number of hydrogen-bond acceptors (Lipinski definition) is 3. The highest BCUT2D eigenvalue weighted by molar-refractivity contribution is 7.12. The molecule has 1 aromatic rings. The van der Waals surface area contributed by atoms with Crippen LogP contribution < -0.4 is 11.1 Å². The second-order valence-corrected chi connectivity index (χ2v) is 6.13. The summed E-state index contributed by atoms with van der Waals surface area (Å²) in [6.45, 7) is 7.88. The van der Waals surface area contributed by atoms with Crippen LogP contribution in [0.2, 0.25) is 0 Å². The summed E-state index contributed by atoms with van der Waals surface area (Å²) in [6, 6.07) is 4.15. The molecule has 0 saturated heterocycles. The lowest BCUT2D eigenvalue weighted by molar-refractivity contribution is -0.126. The fraction of sp³-hybridized carbons (Fsp3) is 0.615. The summed E-state index contributed by atoms with van der Waals surface area (Å²) >= 11 is 1.71. The van der Waals surface area contributed by atoms with E-state index in [0.29, 0.717) is 6.42 Å². The number of thiophene rings is 1. The Morgan fingerprint density at radius 1 is 1.59 bits per heavy atom. The molecule has 1 heterocycles. The van der Waals surface area contributed by atoms with Gasteiger partial charge in [-0.1, -0.05) is 13.3 Å². The van der Waals surface area contributed by atoms with E-state index < -0.39 is 5.54 Å². The van der Waals surface area contributed by atoms with Crippen molar-refractivity contribution in [3.8, 4) is 0 Å². The second kappa shape index (κ2) is 5.65. The Morgan fingerprint density at radius 2 is 2.24 bits per heavy atom. The monoisotopic (exact) mass is 254 g/mol. The van der Waals surface area contributed by atoms with Gasteiger partial charge in [-0.15, -0.1) is 11.3 Å². The Labute approximate surface area is 107 Å². The fourth-order valence-corrected chi connectivity index (χ4v) is 2.63. The quantitative estimate of drug-likeness (QED) is 0.849. The Bertz CT molecular complexity index is 385. The maximum atomic E-state index is 12.0. The van der Waals surface area contributed by atoms with Crippen LogP contribution in [0, 0.1) is 6.92 Å². The third-order valence-electron chi connectivity index (χ3n) is 2.82. The highest BCUT2D eigenvalue weighted by Crippen LogP contribution is 2.23. The number of aryl methyl sites for hydroxylation is 1. The van der Waals surface area contributed by atoms with Gasteiger partial charge in [-0.25, -0.2) is 0 Å². The molecule has 0 bridgehead atoms. The van der Waals surface area contributed by atoms with Crippen molar-refractivity contribution < 1.29 is 4.79 Å². The molecule has 0 saturated carbocycles. The number of carbonyl (C=O) groups is 1. The fourth-order valence-electron chi connectivity index (χ4n) is 1.75. The van der Waals surface area contributed by atoms with Crippen LogP contribution in [0.3, 0.4) is 0 Å². The minimum atomic E-state index is -0.769. The van der Waals surface area contributed by atoms with E-state index in [1.807, 2.05) is 13.8 Å². The van der Waals surface area contributed by atoms with E-state index in [1.54, 1.807) is 18.3 Å². The number of nitrogens with two attached hydrogens (primary N) is 1. The maximum Gasteiger partial charge on any atom is 0.240 e. The molecule has 96 valence electrons. The van der Waals surface area contributed by atoms with Crippen LogP contribution in [0.25, 0.3) is 0 Å². The molecule has 0 aromatic carbocycles. The molecular formula is C13H22N2OS. The van der Waals surface area contributed by atoms with Gasteiger partial charge in [-0.3, -0.25) is 4.79 Å². The normalized spacial score (nSPS) is 16.3. The summed E-state index contributed by atoms with van der Waals surface area (Å²) in [5.74, 6) is -0.0714. The van der Waals surface area contributed by atoms with Crippen LogP contribution in [0.1, 0.15) is 49.4 Å². The van der Waals surface area contributed by atoms with Crippen molar-refractivity contribution in [2.45, 2.75) is 52.1 Å².